The summed E-state index contributed by atoms with van der Waals surface area (Å²) >= 11 is 0. The van der Waals surface area contributed by atoms with Crippen molar-refractivity contribution in [2.24, 2.45) is 17.2 Å². The van der Waals surface area contributed by atoms with Crippen LogP contribution < -0.4 is 28.3 Å². The van der Waals surface area contributed by atoms with Crippen molar-refractivity contribution in [1.29, 1.82) is 0 Å². The smallest absolute Gasteiger partial charge is 0.224 e. The number of amides is 1. The van der Waals surface area contributed by atoms with Gasteiger partial charge in [0.15, 0.2) is 6.29 Å². The van der Waals surface area contributed by atoms with Gasteiger partial charge in [-0.3, -0.25) is 4.79 Å². The van der Waals surface area contributed by atoms with Gasteiger partial charge in [0.25, 0.3) is 0 Å². The lowest BCUT2D eigenvalue weighted by Crippen LogP contribution is -2.68. The minimum atomic E-state index is -1.33. The van der Waals surface area contributed by atoms with Crippen LogP contribution in [0, 0.1) is 0 Å². The Hall–Kier alpha value is -1.87. The van der Waals surface area contributed by atoms with Crippen molar-refractivity contribution in [2.75, 3.05) is 18.9 Å². The molecule has 0 bridgehead atoms. The third kappa shape index (κ3) is 6.03. The van der Waals surface area contributed by atoms with Gasteiger partial charge < -0.3 is 57.8 Å². The molecule has 1 aliphatic carbocycles. The lowest BCUT2D eigenvalue weighted by molar-refractivity contribution is -0.289. The second kappa shape index (κ2) is 11.7. The average Bonchev–Trinajstić information content (AvgIpc) is 2.80. The molecule has 1 aliphatic heterocycles. The summed E-state index contributed by atoms with van der Waals surface area (Å²) in [6.07, 6.45) is -7.23. The number of hydrogen-bond donors (Lipinski definition) is 8. The third-order valence-corrected chi connectivity index (χ3v) is 6.34. The number of aliphatic hydroxyl groups is 3. The van der Waals surface area contributed by atoms with E-state index in [9.17, 15) is 20.1 Å². The maximum atomic E-state index is 12.7. The molecule has 34 heavy (non-hydrogen) atoms. The summed E-state index contributed by atoms with van der Waals surface area (Å²) in [6.45, 7) is 2.00. The van der Waals surface area contributed by atoms with Gasteiger partial charge >= 0.3 is 0 Å². The van der Waals surface area contributed by atoms with Crippen LogP contribution in [0.25, 0.3) is 0 Å². The molecule has 0 radical (unpaired) electrons. The van der Waals surface area contributed by atoms with Crippen LogP contribution >= 0.6 is 0 Å². The monoisotopic (exact) mass is 483 g/mol. The van der Waals surface area contributed by atoms with Crippen LogP contribution in [0.5, 0.6) is 0 Å². The van der Waals surface area contributed by atoms with Gasteiger partial charge in [0.2, 0.25) is 5.91 Å². The number of hydrogen-bond acceptors (Lipinski definition) is 11. The van der Waals surface area contributed by atoms with Gasteiger partial charge in [-0.1, -0.05) is 12.1 Å². The van der Waals surface area contributed by atoms with Crippen molar-refractivity contribution in [1.82, 2.24) is 5.32 Å². The molecule has 12 nitrogen and oxygen atoms in total. The fourth-order valence-corrected chi connectivity index (χ4v) is 4.47. The van der Waals surface area contributed by atoms with Crippen molar-refractivity contribution in [3.8, 4) is 0 Å². The highest BCUT2D eigenvalue weighted by atomic mass is 16.7. The van der Waals surface area contributed by atoms with Crippen LogP contribution in [0.1, 0.15) is 18.9 Å². The van der Waals surface area contributed by atoms with E-state index in [1.54, 1.807) is 31.2 Å². The predicted molar refractivity (Wildman–Crippen MR) is 123 cm³/mol. The Bertz CT molecular complexity index is 798. The predicted octanol–water partition coefficient (Wildman–Crippen LogP) is -3.09. The van der Waals surface area contributed by atoms with Gasteiger partial charge in [0, 0.05) is 24.9 Å². The highest BCUT2D eigenvalue weighted by Gasteiger charge is 2.49. The summed E-state index contributed by atoms with van der Waals surface area (Å²) in [5, 5.41) is 34.3. The number of nitrogens with two attached hydrogens (primary N) is 4. The molecule has 1 saturated carbocycles. The van der Waals surface area contributed by atoms with Crippen LogP contribution in [0.15, 0.2) is 24.3 Å². The lowest BCUT2D eigenvalue weighted by atomic mass is 9.83. The van der Waals surface area contributed by atoms with Crippen molar-refractivity contribution in [3.63, 3.8) is 0 Å². The number of anilines is 1. The summed E-state index contributed by atoms with van der Waals surface area (Å²) in [7, 11) is 0. The van der Waals surface area contributed by atoms with Gasteiger partial charge in [-0.05, 0) is 31.0 Å². The first-order valence-electron chi connectivity index (χ1n) is 11.5. The van der Waals surface area contributed by atoms with E-state index in [4.69, 9.17) is 37.1 Å². The standard InChI is InChI=1S/C22H37N5O7/c1-2-32-21-13(27-15(28)7-10-3-5-11(24)6-4-10)8-12(25)20(19(21)31)34-22-16(26)18(30)17(29)14(9-23)33-22/h3-6,12-14,16-22,29-31H,2,7-9,23-26H2,1H3,(H,27,28)/t12?,13-,14?,16?,17+,18-,19+,20+,21?,22+/m1/s1. The van der Waals surface area contributed by atoms with E-state index in [0.717, 1.165) is 5.56 Å². The van der Waals surface area contributed by atoms with E-state index in [-0.39, 0.29) is 31.9 Å². The Morgan fingerprint density at radius 3 is 2.41 bits per heavy atom. The van der Waals surface area contributed by atoms with Crippen LogP contribution in [-0.2, 0) is 25.4 Å². The Balaban J connectivity index is 1.67. The Morgan fingerprint density at radius 2 is 1.79 bits per heavy atom. The minimum absolute atomic E-state index is 0.0617. The highest BCUT2D eigenvalue weighted by molar-refractivity contribution is 5.79. The SMILES string of the molecule is CCOC1[C@@H](O)[C@@H](O[C@@H]2OC(CN)[C@H](O)[C@H](O)C2N)C(N)C[C@H]1NC(=O)Cc1ccc(N)cc1. The molecule has 2 aliphatic rings. The fourth-order valence-electron chi connectivity index (χ4n) is 4.47. The third-order valence-electron chi connectivity index (χ3n) is 6.34. The molecule has 1 aromatic rings. The molecule has 4 unspecified atom stereocenters. The summed E-state index contributed by atoms with van der Waals surface area (Å²) in [5.74, 6) is -0.251. The van der Waals surface area contributed by atoms with E-state index >= 15 is 0 Å². The zero-order valence-electron chi connectivity index (χ0n) is 19.2. The number of carbonyl (C=O) groups excluding carboxylic acids is 1. The first kappa shape index (κ1) is 26.7. The molecule has 12 heteroatoms. The fraction of sp³-hybridized carbons (Fsp3) is 0.682. The molecule has 3 rings (SSSR count). The molecule has 0 aromatic heterocycles. The zero-order valence-corrected chi connectivity index (χ0v) is 19.2. The molecular formula is C22H37N5O7. The van der Waals surface area contributed by atoms with Crippen molar-refractivity contribution in [3.05, 3.63) is 29.8 Å². The Morgan fingerprint density at radius 1 is 1.12 bits per heavy atom. The van der Waals surface area contributed by atoms with Crippen molar-refractivity contribution in [2.45, 2.75) is 80.8 Å². The summed E-state index contributed by atoms with van der Waals surface area (Å²) in [6, 6.07) is 4.64. The molecule has 192 valence electrons. The molecule has 1 heterocycles. The minimum Gasteiger partial charge on any atom is -0.399 e. The maximum Gasteiger partial charge on any atom is 0.224 e. The number of benzene rings is 1. The van der Waals surface area contributed by atoms with Crippen LogP contribution in [0.4, 0.5) is 5.69 Å². The van der Waals surface area contributed by atoms with Gasteiger partial charge in [-0.2, -0.15) is 0 Å². The van der Waals surface area contributed by atoms with E-state index in [2.05, 4.69) is 5.32 Å². The first-order valence-corrected chi connectivity index (χ1v) is 11.5. The zero-order chi connectivity index (χ0) is 25.0. The van der Waals surface area contributed by atoms with E-state index < -0.39 is 61.0 Å². The van der Waals surface area contributed by atoms with E-state index in [1.165, 1.54) is 0 Å². The summed E-state index contributed by atoms with van der Waals surface area (Å²) in [4.78, 5) is 12.7. The molecular weight excluding hydrogens is 446 g/mol. The van der Waals surface area contributed by atoms with Crippen molar-refractivity contribution >= 4 is 11.6 Å². The number of nitrogens with one attached hydrogen (secondary N) is 1. The van der Waals surface area contributed by atoms with Crippen LogP contribution in [0.3, 0.4) is 0 Å². The molecule has 0 spiro atoms. The second-order valence-corrected chi connectivity index (χ2v) is 8.84. The average molecular weight is 484 g/mol. The molecule has 2 fully saturated rings. The van der Waals surface area contributed by atoms with Crippen LogP contribution in [0.2, 0.25) is 0 Å². The number of aliphatic hydroxyl groups excluding tert-OH is 3. The van der Waals surface area contributed by atoms with E-state index in [0.29, 0.717) is 5.69 Å². The summed E-state index contributed by atoms with van der Waals surface area (Å²) < 4.78 is 17.3. The number of nitrogen functional groups attached to an aromatic ring is 1. The Labute approximate surface area is 198 Å². The topological polar surface area (TPSA) is 222 Å². The van der Waals surface area contributed by atoms with Crippen molar-refractivity contribution < 1.29 is 34.3 Å². The van der Waals surface area contributed by atoms with Gasteiger partial charge in [0.1, 0.15) is 36.6 Å². The molecule has 10 atom stereocenters. The summed E-state index contributed by atoms with van der Waals surface area (Å²) in [5.41, 5.74) is 25.0. The Kier molecular flexibility index (Phi) is 9.20. The van der Waals surface area contributed by atoms with Crippen LogP contribution in [-0.4, -0.2) is 95.4 Å². The molecule has 1 saturated heterocycles. The highest BCUT2D eigenvalue weighted by Crippen LogP contribution is 2.29. The molecule has 1 aromatic carbocycles. The lowest BCUT2D eigenvalue weighted by Gasteiger charge is -2.47. The second-order valence-electron chi connectivity index (χ2n) is 8.84. The van der Waals surface area contributed by atoms with E-state index in [1.807, 2.05) is 0 Å². The van der Waals surface area contributed by atoms with Gasteiger partial charge in [-0.15, -0.1) is 0 Å². The van der Waals surface area contributed by atoms with Gasteiger partial charge in [0.05, 0.1) is 18.5 Å². The first-order chi connectivity index (χ1) is 16.2. The largest absolute Gasteiger partial charge is 0.399 e. The number of rotatable bonds is 8. The van der Waals surface area contributed by atoms with Gasteiger partial charge in [-0.25, -0.2) is 0 Å². The number of carbonyl (C=O) groups is 1. The quantitative estimate of drug-likeness (QED) is 0.173. The normalized spacial score (nSPS) is 38.4. The maximum absolute atomic E-state index is 12.7. The molecule has 12 N–H and O–H groups in total. The molecule has 1 amide bonds. The number of ether oxygens (including phenoxy) is 3.